The highest BCUT2D eigenvalue weighted by molar-refractivity contribution is 5.87. The van der Waals surface area contributed by atoms with Gasteiger partial charge in [-0.3, -0.25) is 9.59 Å². The second kappa shape index (κ2) is 9.24. The molecule has 2 aromatic rings. The Bertz CT molecular complexity index is 998. The Morgan fingerprint density at radius 3 is 2.55 bits per heavy atom. The summed E-state index contributed by atoms with van der Waals surface area (Å²) in [5.41, 5.74) is 2.49. The summed E-state index contributed by atoms with van der Waals surface area (Å²) in [6.07, 6.45) is 12.3. The number of likely N-dealkylation sites (tertiary alicyclic amines) is 1. The number of aromatic nitrogens is 2. The fraction of sp³-hybridized carbons (Fsp3) is 0.556. The lowest BCUT2D eigenvalue weighted by molar-refractivity contribution is -0.142. The van der Waals surface area contributed by atoms with Gasteiger partial charge in [-0.05, 0) is 62.0 Å². The van der Waals surface area contributed by atoms with Crippen molar-refractivity contribution in [3.05, 3.63) is 48.5 Å². The molecular weight excluding hydrogens is 412 g/mol. The molecule has 0 radical (unpaired) electrons. The second-order valence-electron chi connectivity index (χ2n) is 10.1. The molecule has 1 aromatic heterocycles. The number of carbonyl (C=O) groups excluding carboxylic acids is 2. The van der Waals surface area contributed by atoms with Crippen molar-refractivity contribution in [1.82, 2.24) is 20.2 Å². The third-order valence-electron chi connectivity index (χ3n) is 8.07. The van der Waals surface area contributed by atoms with E-state index in [0.29, 0.717) is 37.3 Å². The molecule has 1 aliphatic heterocycles. The minimum atomic E-state index is -0.615. The first-order chi connectivity index (χ1) is 16.1. The predicted molar refractivity (Wildman–Crippen MR) is 127 cm³/mol. The topological polar surface area (TPSA) is 75.2 Å². The normalized spacial score (nSPS) is 28.6. The first kappa shape index (κ1) is 22.1. The molecule has 1 aromatic carbocycles. The molecule has 2 aliphatic carbocycles. The minimum Gasteiger partial charge on any atom is -0.356 e. The molecule has 1 saturated heterocycles. The highest BCUT2D eigenvalue weighted by atomic mass is 16.2. The Morgan fingerprint density at radius 2 is 1.82 bits per heavy atom. The largest absolute Gasteiger partial charge is 0.356 e. The smallest absolute Gasteiger partial charge is 0.228 e. The summed E-state index contributed by atoms with van der Waals surface area (Å²) in [6, 6.07) is 8.20. The van der Waals surface area contributed by atoms with Gasteiger partial charge in [-0.2, -0.15) is 0 Å². The lowest BCUT2D eigenvalue weighted by Gasteiger charge is -2.42. The van der Waals surface area contributed by atoms with Gasteiger partial charge < -0.3 is 10.2 Å². The van der Waals surface area contributed by atoms with Gasteiger partial charge in [-0.1, -0.05) is 37.1 Å². The number of hydrogen-bond donors (Lipinski definition) is 1. The minimum absolute atomic E-state index is 0.0647. The fourth-order valence-electron chi connectivity index (χ4n) is 6.41. The molecule has 2 heterocycles. The number of fused-ring (bicyclic) bond motifs is 1. The van der Waals surface area contributed by atoms with Gasteiger partial charge in [0.05, 0.1) is 5.41 Å². The molecule has 33 heavy (non-hydrogen) atoms. The van der Waals surface area contributed by atoms with Crippen LogP contribution >= 0.6 is 0 Å². The molecule has 2 amide bonds. The summed E-state index contributed by atoms with van der Waals surface area (Å²) in [6.45, 7) is 3.83. The van der Waals surface area contributed by atoms with Gasteiger partial charge in [0.25, 0.3) is 0 Å². The number of piperidine rings is 1. The van der Waals surface area contributed by atoms with Crippen molar-refractivity contribution in [2.75, 3.05) is 19.6 Å². The Hall–Kier alpha value is -2.76. The molecule has 0 spiro atoms. The number of rotatable bonds is 6. The lowest BCUT2D eigenvalue weighted by atomic mass is 9.73. The molecule has 3 atom stereocenters. The Kier molecular flexibility index (Phi) is 6.17. The Morgan fingerprint density at radius 1 is 1.09 bits per heavy atom. The molecule has 2 saturated carbocycles. The van der Waals surface area contributed by atoms with Crippen molar-refractivity contribution in [2.24, 2.45) is 23.2 Å². The zero-order valence-electron chi connectivity index (χ0n) is 19.5. The van der Waals surface area contributed by atoms with Crippen LogP contribution in [0.5, 0.6) is 0 Å². The van der Waals surface area contributed by atoms with E-state index >= 15 is 0 Å². The van der Waals surface area contributed by atoms with Crippen molar-refractivity contribution < 1.29 is 9.59 Å². The van der Waals surface area contributed by atoms with Crippen LogP contribution in [0.15, 0.2) is 43.0 Å². The molecule has 3 fully saturated rings. The van der Waals surface area contributed by atoms with Crippen LogP contribution in [0.2, 0.25) is 0 Å². The van der Waals surface area contributed by atoms with Crippen molar-refractivity contribution in [1.29, 1.82) is 0 Å². The maximum absolute atomic E-state index is 13.5. The quantitative estimate of drug-likeness (QED) is 0.731. The number of nitrogens with one attached hydrogen (secondary N) is 1. The average molecular weight is 447 g/mol. The number of hydrogen-bond acceptors (Lipinski definition) is 4. The van der Waals surface area contributed by atoms with Gasteiger partial charge in [0.1, 0.15) is 6.33 Å². The summed E-state index contributed by atoms with van der Waals surface area (Å²) in [7, 11) is 0. The summed E-state index contributed by atoms with van der Waals surface area (Å²) in [5, 5.41) is 3.09. The van der Waals surface area contributed by atoms with E-state index in [1.807, 2.05) is 36.4 Å². The zero-order chi connectivity index (χ0) is 22.8. The molecular formula is C27H34N4O2. The summed E-state index contributed by atoms with van der Waals surface area (Å²) in [5.74, 6) is 1.74. The number of nitrogens with zero attached hydrogens (tertiary/aromatic N) is 3. The summed E-state index contributed by atoms with van der Waals surface area (Å²) < 4.78 is 0. The van der Waals surface area contributed by atoms with E-state index in [1.165, 1.54) is 32.0 Å². The van der Waals surface area contributed by atoms with Crippen molar-refractivity contribution in [3.63, 3.8) is 0 Å². The Labute approximate surface area is 196 Å². The van der Waals surface area contributed by atoms with Crippen LogP contribution in [0.3, 0.4) is 0 Å². The molecule has 174 valence electrons. The molecule has 1 N–H and O–H groups in total. The summed E-state index contributed by atoms with van der Waals surface area (Å²) in [4.78, 5) is 37.4. The number of carbonyl (C=O) groups is 2. The Balaban J connectivity index is 1.42. The van der Waals surface area contributed by atoms with E-state index in [2.05, 4.69) is 27.4 Å². The average Bonchev–Trinajstić information content (AvgIpc) is 3.59. The SMILES string of the molecule is CCNC(=O)C1(Cc2ccccc2-c2cncnc2)CCCN(C(=O)C2C3CCCCC32)C1. The van der Waals surface area contributed by atoms with E-state index in [1.54, 1.807) is 0 Å². The second-order valence-corrected chi connectivity index (χ2v) is 10.1. The van der Waals surface area contributed by atoms with Crippen LogP contribution in [-0.2, 0) is 16.0 Å². The third-order valence-corrected chi connectivity index (χ3v) is 8.07. The molecule has 0 bridgehead atoms. The van der Waals surface area contributed by atoms with Crippen LogP contribution in [-0.4, -0.2) is 46.3 Å². The molecule has 6 heteroatoms. The molecule has 3 aliphatic rings. The van der Waals surface area contributed by atoms with Gasteiger partial charge in [-0.15, -0.1) is 0 Å². The van der Waals surface area contributed by atoms with Gasteiger partial charge in [0, 0.05) is 43.5 Å². The molecule has 3 unspecified atom stereocenters. The van der Waals surface area contributed by atoms with E-state index < -0.39 is 5.41 Å². The van der Waals surface area contributed by atoms with Crippen LogP contribution in [0, 0.1) is 23.2 Å². The lowest BCUT2D eigenvalue weighted by Crippen LogP contribution is -2.55. The summed E-state index contributed by atoms with van der Waals surface area (Å²) >= 11 is 0. The first-order valence-electron chi connectivity index (χ1n) is 12.5. The van der Waals surface area contributed by atoms with Gasteiger partial charge in [0.15, 0.2) is 0 Å². The maximum Gasteiger partial charge on any atom is 0.228 e. The fourth-order valence-corrected chi connectivity index (χ4v) is 6.41. The first-order valence-corrected chi connectivity index (χ1v) is 12.5. The van der Waals surface area contributed by atoms with Crippen LogP contribution in [0.4, 0.5) is 0 Å². The predicted octanol–water partition coefficient (Wildman–Crippen LogP) is 3.87. The van der Waals surface area contributed by atoms with E-state index in [4.69, 9.17) is 0 Å². The van der Waals surface area contributed by atoms with Crippen LogP contribution < -0.4 is 5.32 Å². The molecule has 6 nitrogen and oxygen atoms in total. The van der Waals surface area contributed by atoms with Crippen LogP contribution in [0.25, 0.3) is 11.1 Å². The monoisotopic (exact) mass is 446 g/mol. The number of benzene rings is 1. The number of amides is 2. The van der Waals surface area contributed by atoms with E-state index in [9.17, 15) is 9.59 Å². The van der Waals surface area contributed by atoms with E-state index in [0.717, 1.165) is 36.1 Å². The van der Waals surface area contributed by atoms with Gasteiger partial charge >= 0.3 is 0 Å². The van der Waals surface area contributed by atoms with Gasteiger partial charge in [-0.25, -0.2) is 9.97 Å². The third kappa shape index (κ3) is 4.28. The van der Waals surface area contributed by atoms with Gasteiger partial charge in [0.2, 0.25) is 11.8 Å². The maximum atomic E-state index is 13.5. The van der Waals surface area contributed by atoms with Crippen LogP contribution in [0.1, 0.15) is 51.0 Å². The zero-order valence-corrected chi connectivity index (χ0v) is 19.5. The standard InChI is InChI=1S/C27H34N4O2/c1-2-30-26(33)27(14-19-8-3-4-9-21(19)20-15-28-18-29-16-20)12-7-13-31(17-27)25(32)24-22-10-5-6-11-23(22)24/h3-4,8-9,15-16,18,22-24H,2,5-7,10-14,17H2,1H3,(H,30,33). The highest BCUT2D eigenvalue weighted by Gasteiger charge is 2.57. The van der Waals surface area contributed by atoms with Crippen molar-refractivity contribution >= 4 is 11.8 Å². The van der Waals surface area contributed by atoms with E-state index in [-0.39, 0.29) is 11.8 Å². The molecule has 5 rings (SSSR count). The van der Waals surface area contributed by atoms with Crippen molar-refractivity contribution in [3.8, 4) is 11.1 Å². The van der Waals surface area contributed by atoms with Crippen molar-refractivity contribution in [2.45, 2.75) is 51.9 Å². The highest BCUT2D eigenvalue weighted by Crippen LogP contribution is 2.56.